The van der Waals surface area contributed by atoms with Crippen LogP contribution in [0.3, 0.4) is 0 Å². The molecule has 0 bridgehead atoms. The van der Waals surface area contributed by atoms with Gasteiger partial charge in [0.25, 0.3) is 0 Å². The first kappa shape index (κ1) is 15.2. The van der Waals surface area contributed by atoms with E-state index in [0.29, 0.717) is 13.0 Å². The van der Waals surface area contributed by atoms with E-state index in [9.17, 15) is 13.2 Å². The summed E-state index contributed by atoms with van der Waals surface area (Å²) in [5, 5.41) is 12.1. The van der Waals surface area contributed by atoms with Crippen LogP contribution in [-0.4, -0.2) is 37.4 Å². The number of rotatable bonds is 6. The Morgan fingerprint density at radius 1 is 1.40 bits per heavy atom. The van der Waals surface area contributed by atoms with E-state index >= 15 is 0 Å². The standard InChI is InChI=1S/C12H13NO4S3/c1-13(5-4-9-3-2-6-18-9)20(16,17)10-7-11(12(14)15)19-8-10/h2-3,6-8H,4-5H2,1H3,(H,14,15). The lowest BCUT2D eigenvalue weighted by atomic mass is 10.3. The highest BCUT2D eigenvalue weighted by Gasteiger charge is 2.23. The minimum Gasteiger partial charge on any atom is -0.477 e. The smallest absolute Gasteiger partial charge is 0.345 e. The second-order valence-corrected chi connectivity index (χ2v) is 8.10. The summed E-state index contributed by atoms with van der Waals surface area (Å²) in [6, 6.07) is 5.08. The van der Waals surface area contributed by atoms with Crippen molar-refractivity contribution in [1.29, 1.82) is 0 Å². The van der Waals surface area contributed by atoms with Gasteiger partial charge in [0.1, 0.15) is 4.88 Å². The van der Waals surface area contributed by atoms with Crippen molar-refractivity contribution in [2.75, 3.05) is 13.6 Å². The monoisotopic (exact) mass is 331 g/mol. The molecule has 0 unspecified atom stereocenters. The second-order valence-electron chi connectivity index (χ2n) is 4.11. The second kappa shape index (κ2) is 6.04. The highest BCUT2D eigenvalue weighted by molar-refractivity contribution is 7.89. The van der Waals surface area contributed by atoms with Crippen LogP contribution in [0, 0.1) is 0 Å². The van der Waals surface area contributed by atoms with Crippen LogP contribution in [0.4, 0.5) is 0 Å². The van der Waals surface area contributed by atoms with E-state index < -0.39 is 16.0 Å². The number of sulfonamides is 1. The van der Waals surface area contributed by atoms with Crippen molar-refractivity contribution >= 4 is 38.7 Å². The molecular formula is C12H13NO4S3. The normalized spacial score (nSPS) is 11.9. The number of carbonyl (C=O) groups is 1. The number of hydrogen-bond acceptors (Lipinski definition) is 5. The molecule has 1 N–H and O–H groups in total. The molecule has 2 rings (SSSR count). The van der Waals surface area contributed by atoms with E-state index in [-0.39, 0.29) is 9.77 Å². The van der Waals surface area contributed by atoms with E-state index in [2.05, 4.69) is 0 Å². The Balaban J connectivity index is 2.10. The minimum absolute atomic E-state index is 0.0234. The summed E-state index contributed by atoms with van der Waals surface area (Å²) in [5.41, 5.74) is 0. The van der Waals surface area contributed by atoms with Gasteiger partial charge in [-0.3, -0.25) is 0 Å². The molecule has 0 aliphatic rings. The molecule has 5 nitrogen and oxygen atoms in total. The van der Waals surface area contributed by atoms with Gasteiger partial charge in [0.05, 0.1) is 4.90 Å². The molecule has 108 valence electrons. The van der Waals surface area contributed by atoms with E-state index in [1.165, 1.54) is 22.8 Å². The number of hydrogen-bond donors (Lipinski definition) is 1. The molecule has 0 fully saturated rings. The van der Waals surface area contributed by atoms with E-state index in [1.807, 2.05) is 17.5 Å². The van der Waals surface area contributed by atoms with Crippen LogP contribution < -0.4 is 0 Å². The molecule has 8 heteroatoms. The number of carboxylic acids is 1. The van der Waals surface area contributed by atoms with Gasteiger partial charge in [0.2, 0.25) is 10.0 Å². The summed E-state index contributed by atoms with van der Waals surface area (Å²) >= 11 is 2.50. The topological polar surface area (TPSA) is 74.7 Å². The van der Waals surface area contributed by atoms with Gasteiger partial charge >= 0.3 is 5.97 Å². The maximum Gasteiger partial charge on any atom is 0.345 e. The lowest BCUT2D eigenvalue weighted by molar-refractivity contribution is 0.0702. The Bertz CT molecular complexity index is 688. The zero-order valence-corrected chi connectivity index (χ0v) is 13.1. The summed E-state index contributed by atoms with van der Waals surface area (Å²) in [7, 11) is -2.12. The third kappa shape index (κ3) is 3.26. The van der Waals surface area contributed by atoms with E-state index in [0.717, 1.165) is 16.2 Å². The first-order chi connectivity index (χ1) is 9.41. The third-order valence-corrected chi connectivity index (χ3v) is 6.59. The van der Waals surface area contributed by atoms with Crippen molar-refractivity contribution in [3.63, 3.8) is 0 Å². The van der Waals surface area contributed by atoms with Gasteiger partial charge in [-0.2, -0.15) is 0 Å². The largest absolute Gasteiger partial charge is 0.477 e. The number of thiophene rings is 2. The van der Waals surface area contributed by atoms with Gasteiger partial charge in [-0.1, -0.05) is 6.07 Å². The van der Waals surface area contributed by atoms with E-state index in [1.54, 1.807) is 11.3 Å². The lowest BCUT2D eigenvalue weighted by Gasteiger charge is -2.15. The summed E-state index contributed by atoms with van der Waals surface area (Å²) in [6.07, 6.45) is 0.642. The lowest BCUT2D eigenvalue weighted by Crippen LogP contribution is -2.28. The summed E-state index contributed by atoms with van der Waals surface area (Å²) < 4.78 is 25.8. The molecule has 20 heavy (non-hydrogen) atoms. The molecule has 0 aromatic carbocycles. The van der Waals surface area contributed by atoms with Gasteiger partial charge < -0.3 is 5.11 Å². The van der Waals surface area contributed by atoms with Crippen molar-refractivity contribution in [3.8, 4) is 0 Å². The first-order valence-corrected chi connectivity index (χ1v) is 8.92. The maximum absolute atomic E-state index is 12.3. The highest BCUT2D eigenvalue weighted by Crippen LogP contribution is 2.22. The molecule has 2 aromatic heterocycles. The fourth-order valence-electron chi connectivity index (χ4n) is 1.59. The molecule has 2 heterocycles. The van der Waals surface area contributed by atoms with Gasteiger partial charge in [-0.05, 0) is 23.9 Å². The average molecular weight is 331 g/mol. The van der Waals surface area contributed by atoms with Crippen LogP contribution in [0.1, 0.15) is 14.5 Å². The van der Waals surface area contributed by atoms with Crippen LogP contribution in [0.25, 0.3) is 0 Å². The van der Waals surface area contributed by atoms with Crippen molar-refractivity contribution in [3.05, 3.63) is 38.7 Å². The maximum atomic E-state index is 12.3. The molecule has 0 atom stereocenters. The van der Waals surface area contributed by atoms with Crippen molar-refractivity contribution < 1.29 is 18.3 Å². The molecular weight excluding hydrogens is 318 g/mol. The number of aromatic carboxylic acids is 1. The zero-order valence-electron chi connectivity index (χ0n) is 10.6. The first-order valence-electron chi connectivity index (χ1n) is 5.72. The fraction of sp³-hybridized carbons (Fsp3) is 0.250. The molecule has 0 spiro atoms. The fourth-order valence-corrected chi connectivity index (χ4v) is 4.56. The predicted octanol–water partition coefficient (Wildman–Crippen LogP) is 2.37. The van der Waals surface area contributed by atoms with Crippen LogP contribution in [-0.2, 0) is 16.4 Å². The molecule has 0 aliphatic heterocycles. The van der Waals surface area contributed by atoms with Crippen molar-refractivity contribution in [2.24, 2.45) is 0 Å². The summed E-state index contributed by atoms with van der Waals surface area (Å²) in [5.74, 6) is -1.11. The average Bonchev–Trinajstić information content (AvgIpc) is 3.06. The quantitative estimate of drug-likeness (QED) is 0.882. The molecule has 0 saturated heterocycles. The Hall–Kier alpha value is -1.22. The Morgan fingerprint density at radius 3 is 2.70 bits per heavy atom. The van der Waals surface area contributed by atoms with Crippen LogP contribution >= 0.6 is 22.7 Å². The molecule has 0 saturated carbocycles. The van der Waals surface area contributed by atoms with Gasteiger partial charge in [0.15, 0.2) is 0 Å². The number of likely N-dealkylation sites (N-methyl/N-ethyl adjacent to an activating group) is 1. The van der Waals surface area contributed by atoms with Crippen molar-refractivity contribution in [1.82, 2.24) is 4.31 Å². The van der Waals surface area contributed by atoms with Gasteiger partial charge in [-0.15, -0.1) is 22.7 Å². The minimum atomic E-state index is -3.62. The van der Waals surface area contributed by atoms with Gasteiger partial charge in [-0.25, -0.2) is 17.5 Å². The Morgan fingerprint density at radius 2 is 2.15 bits per heavy atom. The zero-order chi connectivity index (χ0) is 14.8. The number of nitrogens with zero attached hydrogens (tertiary/aromatic N) is 1. The van der Waals surface area contributed by atoms with Crippen LogP contribution in [0.5, 0.6) is 0 Å². The van der Waals surface area contributed by atoms with Crippen LogP contribution in [0.2, 0.25) is 0 Å². The molecule has 0 amide bonds. The van der Waals surface area contributed by atoms with Gasteiger partial charge in [0, 0.05) is 23.8 Å². The predicted molar refractivity (Wildman–Crippen MR) is 79.1 cm³/mol. The summed E-state index contributed by atoms with van der Waals surface area (Å²) in [6.45, 7) is 0.362. The Kier molecular flexibility index (Phi) is 4.59. The molecule has 0 radical (unpaired) electrons. The Labute approximate surface area is 125 Å². The highest BCUT2D eigenvalue weighted by atomic mass is 32.2. The molecule has 2 aromatic rings. The van der Waals surface area contributed by atoms with E-state index in [4.69, 9.17) is 5.11 Å². The number of carboxylic acid groups (broad SMARTS) is 1. The third-order valence-electron chi connectivity index (χ3n) is 2.75. The van der Waals surface area contributed by atoms with Crippen molar-refractivity contribution in [2.45, 2.75) is 11.3 Å². The SMILES string of the molecule is CN(CCc1cccs1)S(=O)(=O)c1csc(C(=O)O)c1. The molecule has 0 aliphatic carbocycles. The summed E-state index contributed by atoms with van der Waals surface area (Å²) in [4.78, 5) is 12.0. The van der Waals surface area contributed by atoms with Crippen LogP contribution in [0.15, 0.2) is 33.9 Å².